The summed E-state index contributed by atoms with van der Waals surface area (Å²) in [6.45, 7) is 4.70. The van der Waals surface area contributed by atoms with Crippen LogP contribution in [0.4, 0.5) is 0 Å². The maximum absolute atomic E-state index is 12.9. The highest BCUT2D eigenvalue weighted by atomic mass is 31.0. The fourth-order valence-electron chi connectivity index (χ4n) is 5.41. The topological polar surface area (TPSA) is 75.4 Å². The third-order valence-electron chi connectivity index (χ3n) is 7.45. The number of hydrogen-bond donors (Lipinski definition) is 1. The van der Waals surface area contributed by atoms with E-state index >= 15 is 0 Å². The molecule has 0 bridgehead atoms. The summed E-state index contributed by atoms with van der Waals surface area (Å²) in [7, 11) is 4.56. The van der Waals surface area contributed by atoms with Crippen molar-refractivity contribution in [2.75, 3.05) is 7.05 Å². The Hall–Kier alpha value is -2.20. The van der Waals surface area contributed by atoms with Crippen LogP contribution >= 0.6 is 9.24 Å². The second-order valence-electron chi connectivity index (χ2n) is 9.59. The number of aromatic hydroxyl groups is 1. The van der Waals surface area contributed by atoms with E-state index in [1.54, 1.807) is 16.5 Å². The molecule has 32 heavy (non-hydrogen) atoms. The Morgan fingerprint density at radius 2 is 1.94 bits per heavy atom. The molecule has 2 atom stereocenters. The van der Waals surface area contributed by atoms with Crippen LogP contribution < -0.4 is 10.9 Å². The standard InChI is InChI=1S/C25H34N3O3P/c1-4-8-17-13-18(9-10-19(17)32)25(11-6-5-7-12-25)14-20-26-23(30)22(29)21-24(31)27(3)16(2)15-28(20)21/h9-10,13,16,29H,4-8,11-12,14-15,32H2,1-3H3. The van der Waals surface area contributed by atoms with Crippen LogP contribution in [0, 0.1) is 0 Å². The van der Waals surface area contributed by atoms with Gasteiger partial charge in [0.05, 0.1) is 0 Å². The Bertz CT molecular complexity index is 1090. The molecule has 2 unspecified atom stereocenters. The Kier molecular flexibility index (Phi) is 6.44. The number of benzene rings is 1. The van der Waals surface area contributed by atoms with Gasteiger partial charge in [0.1, 0.15) is 5.82 Å². The van der Waals surface area contributed by atoms with E-state index in [0.717, 1.165) is 38.5 Å². The number of amides is 1. The lowest BCUT2D eigenvalue weighted by atomic mass is 9.67. The van der Waals surface area contributed by atoms with Gasteiger partial charge < -0.3 is 14.6 Å². The number of rotatable bonds is 5. The second kappa shape index (κ2) is 8.97. The molecular formula is C25H34N3O3P. The quantitative estimate of drug-likeness (QED) is 0.702. The molecule has 2 heterocycles. The van der Waals surface area contributed by atoms with Crippen molar-refractivity contribution in [1.82, 2.24) is 14.5 Å². The number of likely N-dealkylation sites (N-methyl/N-ethyl adjacent to an activating group) is 1. The van der Waals surface area contributed by atoms with Crippen LogP contribution in [0.5, 0.6) is 5.75 Å². The average molecular weight is 456 g/mol. The summed E-state index contributed by atoms with van der Waals surface area (Å²) in [5.74, 6) is -0.241. The molecule has 4 rings (SSSR count). The first-order valence-electron chi connectivity index (χ1n) is 11.8. The SMILES string of the molecule is CCCc1cc(C2(Cc3nc(=O)c(O)c4n3CC(C)N(C)C4=O)CCCCC2)ccc1P. The molecule has 1 aliphatic carbocycles. The molecule has 0 spiro atoms. The molecule has 1 fully saturated rings. The maximum Gasteiger partial charge on any atom is 0.315 e. The Balaban J connectivity index is 1.84. The van der Waals surface area contributed by atoms with E-state index in [1.807, 2.05) is 6.92 Å². The molecule has 7 heteroatoms. The minimum atomic E-state index is -0.708. The van der Waals surface area contributed by atoms with E-state index in [4.69, 9.17) is 0 Å². The van der Waals surface area contributed by atoms with Crippen molar-refractivity contribution in [1.29, 1.82) is 0 Å². The van der Waals surface area contributed by atoms with Gasteiger partial charge in [-0.05, 0) is 42.6 Å². The summed E-state index contributed by atoms with van der Waals surface area (Å²) in [6.07, 6.45) is 8.28. The van der Waals surface area contributed by atoms with Gasteiger partial charge in [-0.15, -0.1) is 9.24 Å². The molecule has 1 aliphatic heterocycles. The van der Waals surface area contributed by atoms with Crippen LogP contribution in [-0.2, 0) is 24.8 Å². The van der Waals surface area contributed by atoms with Gasteiger partial charge in [0.15, 0.2) is 5.69 Å². The smallest absolute Gasteiger partial charge is 0.315 e. The van der Waals surface area contributed by atoms with Crippen molar-refractivity contribution in [3.8, 4) is 5.75 Å². The van der Waals surface area contributed by atoms with Gasteiger partial charge in [0, 0.05) is 31.5 Å². The van der Waals surface area contributed by atoms with Gasteiger partial charge in [-0.3, -0.25) is 9.59 Å². The normalized spacial score (nSPS) is 20.3. The molecular weight excluding hydrogens is 421 g/mol. The van der Waals surface area contributed by atoms with Crippen LogP contribution in [0.15, 0.2) is 23.0 Å². The number of hydrogen-bond acceptors (Lipinski definition) is 4. The zero-order valence-corrected chi connectivity index (χ0v) is 20.5. The van der Waals surface area contributed by atoms with E-state index in [-0.39, 0.29) is 23.1 Å². The highest BCUT2D eigenvalue weighted by Gasteiger charge is 2.39. The van der Waals surface area contributed by atoms with E-state index in [0.29, 0.717) is 18.8 Å². The second-order valence-corrected chi connectivity index (χ2v) is 10.2. The molecule has 2 aromatic rings. The summed E-state index contributed by atoms with van der Waals surface area (Å²) in [4.78, 5) is 31.4. The summed E-state index contributed by atoms with van der Waals surface area (Å²) in [5, 5.41) is 11.6. The van der Waals surface area contributed by atoms with E-state index in [9.17, 15) is 14.7 Å². The third-order valence-corrected chi connectivity index (χ3v) is 8.01. The molecule has 0 radical (unpaired) electrons. The molecule has 1 amide bonds. The maximum atomic E-state index is 12.9. The van der Waals surface area contributed by atoms with Crippen LogP contribution in [0.2, 0.25) is 0 Å². The number of carbonyl (C=O) groups excluding carboxylic acids is 1. The highest BCUT2D eigenvalue weighted by Crippen LogP contribution is 2.42. The lowest BCUT2D eigenvalue weighted by molar-refractivity contribution is 0.0660. The summed E-state index contributed by atoms with van der Waals surface area (Å²) in [6, 6.07) is 6.72. The third kappa shape index (κ3) is 3.98. The highest BCUT2D eigenvalue weighted by molar-refractivity contribution is 7.27. The summed E-state index contributed by atoms with van der Waals surface area (Å²) < 4.78 is 1.80. The molecule has 1 aromatic heterocycles. The van der Waals surface area contributed by atoms with E-state index in [1.165, 1.54) is 22.9 Å². The Labute approximate surface area is 192 Å². The monoisotopic (exact) mass is 455 g/mol. The van der Waals surface area contributed by atoms with E-state index < -0.39 is 11.3 Å². The van der Waals surface area contributed by atoms with Crippen LogP contribution in [-0.4, -0.2) is 38.6 Å². The van der Waals surface area contributed by atoms with Crippen LogP contribution in [0.1, 0.15) is 79.8 Å². The van der Waals surface area contributed by atoms with Gasteiger partial charge in [0.2, 0.25) is 5.75 Å². The van der Waals surface area contributed by atoms with Crippen molar-refractivity contribution in [2.45, 2.75) is 83.2 Å². The molecule has 1 saturated carbocycles. The largest absolute Gasteiger partial charge is 0.501 e. The zero-order chi connectivity index (χ0) is 23.0. The number of nitrogens with zero attached hydrogens (tertiary/aromatic N) is 3. The molecule has 0 saturated heterocycles. The fraction of sp³-hybridized carbons (Fsp3) is 0.560. The van der Waals surface area contributed by atoms with Crippen molar-refractivity contribution < 1.29 is 9.90 Å². The lowest BCUT2D eigenvalue weighted by Gasteiger charge is -2.40. The Morgan fingerprint density at radius 1 is 1.22 bits per heavy atom. The van der Waals surface area contributed by atoms with Gasteiger partial charge in [-0.25, -0.2) is 0 Å². The lowest BCUT2D eigenvalue weighted by Crippen LogP contribution is -2.47. The number of aromatic nitrogens is 2. The zero-order valence-electron chi connectivity index (χ0n) is 19.4. The molecule has 1 aromatic carbocycles. The summed E-state index contributed by atoms with van der Waals surface area (Å²) >= 11 is 0. The number of carbonyl (C=O) groups is 1. The first kappa shape index (κ1) is 23.0. The minimum absolute atomic E-state index is 0.0349. The van der Waals surface area contributed by atoms with E-state index in [2.05, 4.69) is 39.3 Å². The predicted molar refractivity (Wildman–Crippen MR) is 130 cm³/mol. The molecule has 1 N–H and O–H groups in total. The number of fused-ring (bicyclic) bond motifs is 1. The Morgan fingerprint density at radius 3 is 2.62 bits per heavy atom. The first-order valence-corrected chi connectivity index (χ1v) is 12.3. The first-order chi connectivity index (χ1) is 15.3. The van der Waals surface area contributed by atoms with Crippen molar-refractivity contribution >= 4 is 20.5 Å². The summed E-state index contributed by atoms with van der Waals surface area (Å²) in [5.41, 5.74) is 1.91. The molecule has 6 nitrogen and oxygen atoms in total. The van der Waals surface area contributed by atoms with Gasteiger partial charge in [0.25, 0.3) is 5.91 Å². The fourth-order valence-corrected chi connectivity index (χ4v) is 5.74. The van der Waals surface area contributed by atoms with Crippen LogP contribution in [0.25, 0.3) is 0 Å². The predicted octanol–water partition coefficient (Wildman–Crippen LogP) is 3.32. The van der Waals surface area contributed by atoms with Crippen molar-refractivity contribution in [2.24, 2.45) is 0 Å². The number of aryl methyl sites for hydroxylation is 1. The minimum Gasteiger partial charge on any atom is -0.501 e. The van der Waals surface area contributed by atoms with Gasteiger partial charge in [-0.1, -0.05) is 50.8 Å². The average Bonchev–Trinajstić information content (AvgIpc) is 2.77. The molecule has 2 aliphatic rings. The van der Waals surface area contributed by atoms with Gasteiger partial charge in [-0.2, -0.15) is 4.98 Å². The molecule has 172 valence electrons. The van der Waals surface area contributed by atoms with Crippen LogP contribution in [0.3, 0.4) is 0 Å². The van der Waals surface area contributed by atoms with Crippen molar-refractivity contribution in [3.05, 3.63) is 51.2 Å². The van der Waals surface area contributed by atoms with Crippen molar-refractivity contribution in [3.63, 3.8) is 0 Å². The van der Waals surface area contributed by atoms with Gasteiger partial charge >= 0.3 is 5.56 Å².